The molecule has 3 saturated heterocycles. The molecule has 2 aliphatic carbocycles. The molecule has 5 fully saturated rings. The average Bonchev–Trinajstić information content (AvgIpc) is 3.17. The van der Waals surface area contributed by atoms with Gasteiger partial charge in [0.25, 0.3) is 0 Å². The first-order valence-electron chi connectivity index (χ1n) is 9.43. The van der Waals surface area contributed by atoms with Crippen LogP contribution in [0.4, 0.5) is 18.0 Å². The van der Waals surface area contributed by atoms with Crippen LogP contribution in [-0.4, -0.2) is 72.3 Å². The fourth-order valence-corrected chi connectivity index (χ4v) is 4.97. The molecule has 2 unspecified atom stereocenters. The fourth-order valence-electron chi connectivity index (χ4n) is 4.97. The minimum Gasteiger partial charge on any atom is -0.447 e. The van der Waals surface area contributed by atoms with Crippen molar-refractivity contribution in [3.8, 4) is 0 Å². The first-order valence-corrected chi connectivity index (χ1v) is 9.43. The van der Waals surface area contributed by atoms with Crippen molar-refractivity contribution in [2.24, 2.45) is 11.3 Å². The van der Waals surface area contributed by atoms with Crippen LogP contribution in [0.5, 0.6) is 0 Å². The van der Waals surface area contributed by atoms with E-state index in [1.54, 1.807) is 4.90 Å². The van der Waals surface area contributed by atoms with Gasteiger partial charge in [0, 0.05) is 31.0 Å². The van der Waals surface area contributed by atoms with Gasteiger partial charge in [-0.15, -0.1) is 0 Å². The molecule has 8 nitrogen and oxygen atoms in total. The van der Waals surface area contributed by atoms with Crippen LogP contribution in [0.25, 0.3) is 0 Å². The van der Waals surface area contributed by atoms with Crippen LogP contribution in [0.2, 0.25) is 0 Å². The molecule has 0 aromatic carbocycles. The molecular formula is C17H21F3N4O4. The zero-order chi connectivity index (χ0) is 19.9. The molecule has 2 saturated carbocycles. The van der Waals surface area contributed by atoms with Crippen molar-refractivity contribution in [3.63, 3.8) is 0 Å². The number of alkyl carbamates (subject to hydrolysis) is 1. The van der Waals surface area contributed by atoms with Crippen molar-refractivity contribution in [1.29, 1.82) is 0 Å². The highest BCUT2D eigenvalue weighted by molar-refractivity contribution is 5.88. The lowest BCUT2D eigenvalue weighted by atomic mass is 9.57. The molecule has 3 aliphatic heterocycles. The van der Waals surface area contributed by atoms with Crippen molar-refractivity contribution in [1.82, 2.24) is 20.9 Å². The predicted octanol–water partition coefficient (Wildman–Crippen LogP) is -0.114. The van der Waals surface area contributed by atoms with Crippen LogP contribution in [-0.2, 0) is 14.3 Å². The number of cyclic esters (lactones) is 1. The third-order valence-corrected chi connectivity index (χ3v) is 6.98. The number of carbonyl (C=O) groups is 3. The summed E-state index contributed by atoms with van der Waals surface area (Å²) in [6.07, 6.45) is -4.05. The summed E-state index contributed by atoms with van der Waals surface area (Å²) < 4.78 is 43.8. The number of nitrogens with zero attached hydrogens (tertiary/aromatic N) is 1. The minimum absolute atomic E-state index is 0.0568. The number of hydrogen-bond donors (Lipinski definition) is 3. The highest BCUT2D eigenvalue weighted by Gasteiger charge is 2.66. The molecule has 3 heterocycles. The van der Waals surface area contributed by atoms with Crippen molar-refractivity contribution in [2.45, 2.75) is 49.0 Å². The van der Waals surface area contributed by atoms with E-state index >= 15 is 0 Å². The van der Waals surface area contributed by atoms with E-state index in [2.05, 4.69) is 16.0 Å². The summed E-state index contributed by atoms with van der Waals surface area (Å²) in [7, 11) is 0. The summed E-state index contributed by atoms with van der Waals surface area (Å²) in [5, 5.41) is 7.92. The zero-order valence-electron chi connectivity index (χ0n) is 15.0. The average molecular weight is 402 g/mol. The number of halogens is 3. The quantitative estimate of drug-likeness (QED) is 0.612. The normalized spacial score (nSPS) is 34.8. The van der Waals surface area contributed by atoms with E-state index in [0.717, 1.165) is 0 Å². The first kappa shape index (κ1) is 18.0. The molecule has 11 heteroatoms. The van der Waals surface area contributed by atoms with Crippen LogP contribution in [0.1, 0.15) is 25.7 Å². The third-order valence-electron chi connectivity index (χ3n) is 6.98. The predicted molar refractivity (Wildman–Crippen MR) is 86.9 cm³/mol. The second-order valence-electron chi connectivity index (χ2n) is 9.04. The Morgan fingerprint density at radius 2 is 1.89 bits per heavy atom. The van der Waals surface area contributed by atoms with Gasteiger partial charge in [-0.05, 0) is 25.7 Å². The van der Waals surface area contributed by atoms with Crippen LogP contribution in [0.3, 0.4) is 0 Å². The van der Waals surface area contributed by atoms with Gasteiger partial charge < -0.3 is 25.6 Å². The second-order valence-corrected chi connectivity index (χ2v) is 9.04. The summed E-state index contributed by atoms with van der Waals surface area (Å²) in [5.41, 5.74) is -2.87. The topological polar surface area (TPSA) is 99.8 Å². The van der Waals surface area contributed by atoms with Gasteiger partial charge in [-0.3, -0.25) is 9.59 Å². The summed E-state index contributed by atoms with van der Waals surface area (Å²) in [6, 6.07) is -0.531. The monoisotopic (exact) mass is 402 g/mol. The van der Waals surface area contributed by atoms with Gasteiger partial charge in [0.05, 0.1) is 0 Å². The fraction of sp³-hybridized carbons (Fsp3) is 0.824. The summed E-state index contributed by atoms with van der Waals surface area (Å²) in [4.78, 5) is 37.8. The smallest absolute Gasteiger partial charge is 0.411 e. The van der Waals surface area contributed by atoms with Crippen LogP contribution in [0, 0.1) is 11.3 Å². The summed E-state index contributed by atoms with van der Waals surface area (Å²) in [5.74, 6) is -1.08. The van der Waals surface area contributed by atoms with Crippen molar-refractivity contribution >= 4 is 17.9 Å². The minimum atomic E-state index is -4.41. The maximum absolute atomic E-state index is 13.0. The number of amides is 3. The number of hydrogen-bond acceptors (Lipinski definition) is 5. The molecule has 28 heavy (non-hydrogen) atoms. The van der Waals surface area contributed by atoms with E-state index in [9.17, 15) is 27.6 Å². The van der Waals surface area contributed by atoms with Crippen LogP contribution < -0.4 is 16.0 Å². The Kier molecular flexibility index (Phi) is 3.42. The highest BCUT2D eigenvalue weighted by atomic mass is 19.4. The maximum Gasteiger partial charge on any atom is 0.411 e. The first-order chi connectivity index (χ1) is 13.1. The molecule has 3 N–H and O–H groups in total. The molecule has 2 spiro atoms. The SMILES string of the molecule is O=C1NC2(CNC2C(=O)N2CC3(CC(C(=O)NC4(C(F)(F)F)CC4)C3)C2)CO1. The van der Waals surface area contributed by atoms with Crippen LogP contribution >= 0.6 is 0 Å². The van der Waals surface area contributed by atoms with E-state index in [1.807, 2.05) is 0 Å². The number of likely N-dealkylation sites (tertiary alicyclic amines) is 1. The Bertz CT molecular complexity index is 754. The van der Waals surface area contributed by atoms with Gasteiger partial charge in [0.1, 0.15) is 23.7 Å². The Balaban J connectivity index is 1.11. The number of carbonyl (C=O) groups excluding carboxylic acids is 3. The van der Waals surface area contributed by atoms with E-state index in [-0.39, 0.29) is 30.8 Å². The molecule has 0 bridgehead atoms. The highest BCUT2D eigenvalue weighted by Crippen LogP contribution is 2.54. The summed E-state index contributed by atoms with van der Waals surface area (Å²) >= 11 is 0. The largest absolute Gasteiger partial charge is 0.447 e. The Morgan fingerprint density at radius 3 is 2.36 bits per heavy atom. The van der Waals surface area contributed by atoms with Gasteiger partial charge in [-0.1, -0.05) is 0 Å². The van der Waals surface area contributed by atoms with Gasteiger partial charge in [0.15, 0.2) is 0 Å². The molecule has 3 amide bonds. The number of nitrogens with one attached hydrogen (secondary N) is 3. The molecule has 0 aromatic rings. The van der Waals surface area contributed by atoms with Crippen LogP contribution in [0.15, 0.2) is 0 Å². The Labute approximate surface area is 158 Å². The van der Waals surface area contributed by atoms with Crippen molar-refractivity contribution < 1.29 is 32.3 Å². The van der Waals surface area contributed by atoms with Gasteiger partial charge >= 0.3 is 12.3 Å². The number of rotatable bonds is 3. The summed E-state index contributed by atoms with van der Waals surface area (Å²) in [6.45, 7) is 1.60. The van der Waals surface area contributed by atoms with E-state index < -0.39 is 41.2 Å². The zero-order valence-corrected chi connectivity index (χ0v) is 15.0. The van der Waals surface area contributed by atoms with Gasteiger partial charge in [0.2, 0.25) is 11.8 Å². The standard InChI is InChI=1S/C17H21F3N4O4/c18-17(19,20)16(1-2-16)22-11(25)9-3-14(4-9)6-24(7-14)12(26)10-15(5-21-10)8-28-13(27)23-15/h9-10,21H,1-8H2,(H,22,25)(H,23,27). The molecule has 0 aromatic heterocycles. The van der Waals surface area contributed by atoms with Crippen molar-refractivity contribution in [2.75, 3.05) is 26.2 Å². The maximum atomic E-state index is 13.0. The molecule has 0 radical (unpaired) electrons. The number of alkyl halides is 3. The Morgan fingerprint density at radius 1 is 1.21 bits per heavy atom. The van der Waals surface area contributed by atoms with E-state index in [1.165, 1.54) is 0 Å². The lowest BCUT2D eigenvalue weighted by molar-refractivity contribution is -0.178. The second kappa shape index (κ2) is 5.31. The third kappa shape index (κ3) is 2.44. The molecule has 5 aliphatic rings. The molecule has 2 atom stereocenters. The van der Waals surface area contributed by atoms with Gasteiger partial charge in [-0.25, -0.2) is 4.79 Å². The lowest BCUT2D eigenvalue weighted by Crippen LogP contribution is -2.80. The molecular weight excluding hydrogens is 381 g/mol. The van der Waals surface area contributed by atoms with Crippen molar-refractivity contribution in [3.05, 3.63) is 0 Å². The molecule has 5 rings (SSSR count). The Hall–Kier alpha value is -2.04. The molecule has 154 valence electrons. The lowest BCUT2D eigenvalue weighted by Gasteiger charge is -2.60. The van der Waals surface area contributed by atoms with E-state index in [4.69, 9.17) is 4.74 Å². The van der Waals surface area contributed by atoms with Gasteiger partial charge in [-0.2, -0.15) is 13.2 Å². The van der Waals surface area contributed by atoms with E-state index in [0.29, 0.717) is 32.5 Å². The number of ether oxygens (including phenoxy) is 1.